The van der Waals surface area contributed by atoms with Gasteiger partial charge in [0.25, 0.3) is 0 Å². The summed E-state index contributed by atoms with van der Waals surface area (Å²) in [6.45, 7) is 8.15. The van der Waals surface area contributed by atoms with E-state index in [1.165, 1.54) is 6.21 Å². The largest absolute Gasteiger partial charge is 0.372 e. The van der Waals surface area contributed by atoms with Crippen molar-refractivity contribution in [3.05, 3.63) is 59.7 Å². The van der Waals surface area contributed by atoms with E-state index in [4.69, 9.17) is 0 Å². The quantitative estimate of drug-likeness (QED) is 0.449. The molecule has 0 saturated heterocycles. The zero-order valence-corrected chi connectivity index (χ0v) is 16.0. The Labute approximate surface area is 160 Å². The van der Waals surface area contributed by atoms with Gasteiger partial charge >= 0.3 is 11.8 Å². The van der Waals surface area contributed by atoms with Crippen LogP contribution in [0.5, 0.6) is 0 Å². The highest BCUT2D eigenvalue weighted by Gasteiger charge is 2.12. The fourth-order valence-electron chi connectivity index (χ4n) is 2.59. The van der Waals surface area contributed by atoms with Gasteiger partial charge in [-0.15, -0.1) is 0 Å². The summed E-state index contributed by atoms with van der Waals surface area (Å²) in [5, 5.41) is 6.39. The Bertz CT molecular complexity index is 779. The van der Waals surface area contributed by atoms with E-state index in [9.17, 15) is 9.59 Å². The summed E-state index contributed by atoms with van der Waals surface area (Å²) in [6.07, 6.45) is 2.42. The minimum absolute atomic E-state index is 0.573. The first-order valence-corrected chi connectivity index (χ1v) is 9.15. The number of carbonyl (C=O) groups is 2. The molecule has 27 heavy (non-hydrogen) atoms. The van der Waals surface area contributed by atoms with Gasteiger partial charge in [0.2, 0.25) is 0 Å². The smallest absolute Gasteiger partial charge is 0.329 e. The monoisotopic (exact) mass is 366 g/mol. The van der Waals surface area contributed by atoms with Crippen molar-refractivity contribution >= 4 is 29.4 Å². The highest BCUT2D eigenvalue weighted by Crippen LogP contribution is 2.14. The van der Waals surface area contributed by atoms with Crippen molar-refractivity contribution in [3.63, 3.8) is 0 Å². The number of carbonyl (C=O) groups excluding carboxylic acids is 2. The second-order valence-corrected chi connectivity index (χ2v) is 5.97. The van der Waals surface area contributed by atoms with Crippen LogP contribution in [0.3, 0.4) is 0 Å². The molecule has 6 nitrogen and oxygen atoms in total. The number of aryl methyl sites for hydroxylation is 1. The fraction of sp³-hybridized carbons (Fsp3) is 0.286. The molecule has 2 N–H and O–H groups in total. The van der Waals surface area contributed by atoms with Crippen molar-refractivity contribution < 1.29 is 9.59 Å². The lowest BCUT2D eigenvalue weighted by Crippen LogP contribution is -2.32. The molecule has 0 aliphatic heterocycles. The second kappa shape index (κ2) is 10.1. The molecule has 2 rings (SSSR count). The van der Waals surface area contributed by atoms with Gasteiger partial charge in [-0.3, -0.25) is 9.59 Å². The van der Waals surface area contributed by atoms with Crippen molar-refractivity contribution in [1.82, 2.24) is 5.43 Å². The van der Waals surface area contributed by atoms with E-state index in [-0.39, 0.29) is 0 Å². The van der Waals surface area contributed by atoms with Gasteiger partial charge in [-0.05, 0) is 55.7 Å². The SMILES string of the molecule is CCc1ccc(NC(=O)C(=O)N/N=C/c2ccc(N(CC)CC)cc2)cc1. The Morgan fingerprint density at radius 1 is 0.926 bits per heavy atom. The molecule has 6 heteroatoms. The molecule has 0 unspecified atom stereocenters. The zero-order valence-electron chi connectivity index (χ0n) is 16.0. The number of nitrogens with one attached hydrogen (secondary N) is 2. The number of amides is 2. The molecule has 142 valence electrons. The van der Waals surface area contributed by atoms with Crippen LogP contribution in [0.2, 0.25) is 0 Å². The third-order valence-corrected chi connectivity index (χ3v) is 4.23. The molecule has 2 aromatic rings. The van der Waals surface area contributed by atoms with Crippen molar-refractivity contribution in [3.8, 4) is 0 Å². The van der Waals surface area contributed by atoms with Crippen LogP contribution in [0, 0.1) is 0 Å². The van der Waals surface area contributed by atoms with E-state index < -0.39 is 11.8 Å². The number of nitrogens with zero attached hydrogens (tertiary/aromatic N) is 2. The number of anilines is 2. The normalized spacial score (nSPS) is 10.6. The van der Waals surface area contributed by atoms with Crippen molar-refractivity contribution in [2.75, 3.05) is 23.3 Å². The summed E-state index contributed by atoms with van der Waals surface area (Å²) in [7, 11) is 0. The van der Waals surface area contributed by atoms with Crippen LogP contribution >= 0.6 is 0 Å². The van der Waals surface area contributed by atoms with E-state index in [1.54, 1.807) is 12.1 Å². The maximum Gasteiger partial charge on any atom is 0.329 e. The standard InChI is InChI=1S/C21H26N4O2/c1-4-16-7-11-18(12-8-16)23-20(26)21(27)24-22-15-17-9-13-19(14-10-17)25(5-2)6-3/h7-15H,4-6H2,1-3H3,(H,23,26)(H,24,27)/b22-15+. The number of hydrogen-bond donors (Lipinski definition) is 2. The molecule has 0 atom stereocenters. The lowest BCUT2D eigenvalue weighted by Gasteiger charge is -2.20. The lowest BCUT2D eigenvalue weighted by atomic mass is 10.1. The Hall–Kier alpha value is -3.15. The maximum absolute atomic E-state index is 11.9. The van der Waals surface area contributed by atoms with Crippen LogP contribution in [0.25, 0.3) is 0 Å². The lowest BCUT2D eigenvalue weighted by molar-refractivity contribution is -0.136. The van der Waals surface area contributed by atoms with E-state index in [0.717, 1.165) is 36.3 Å². The third-order valence-electron chi connectivity index (χ3n) is 4.23. The maximum atomic E-state index is 11.9. The molecule has 0 spiro atoms. The average Bonchev–Trinajstić information content (AvgIpc) is 2.70. The van der Waals surface area contributed by atoms with E-state index >= 15 is 0 Å². The zero-order chi connectivity index (χ0) is 19.6. The topological polar surface area (TPSA) is 73.8 Å². The van der Waals surface area contributed by atoms with Crippen LogP contribution in [0.15, 0.2) is 53.6 Å². The van der Waals surface area contributed by atoms with Crippen LogP contribution < -0.4 is 15.6 Å². The molecule has 0 radical (unpaired) electrons. The van der Waals surface area contributed by atoms with Gasteiger partial charge in [0.15, 0.2) is 0 Å². The molecule has 2 amide bonds. The van der Waals surface area contributed by atoms with Gasteiger partial charge in [-0.2, -0.15) is 5.10 Å². The van der Waals surface area contributed by atoms with Crippen molar-refractivity contribution in [2.45, 2.75) is 27.2 Å². The third kappa shape index (κ3) is 5.95. The Morgan fingerprint density at radius 3 is 2.11 bits per heavy atom. The van der Waals surface area contributed by atoms with Gasteiger partial charge in [0, 0.05) is 24.5 Å². The number of rotatable bonds is 7. The van der Waals surface area contributed by atoms with Crippen LogP contribution in [0.1, 0.15) is 31.9 Å². The molecular weight excluding hydrogens is 340 g/mol. The highest BCUT2D eigenvalue weighted by molar-refractivity contribution is 6.39. The first-order chi connectivity index (χ1) is 13.1. The highest BCUT2D eigenvalue weighted by atomic mass is 16.2. The fourth-order valence-corrected chi connectivity index (χ4v) is 2.59. The van der Waals surface area contributed by atoms with E-state index in [0.29, 0.717) is 5.69 Å². The van der Waals surface area contributed by atoms with Gasteiger partial charge < -0.3 is 10.2 Å². The summed E-state index contributed by atoms with van der Waals surface area (Å²) >= 11 is 0. The Morgan fingerprint density at radius 2 is 1.56 bits per heavy atom. The Balaban J connectivity index is 1.87. The molecule has 0 bridgehead atoms. The second-order valence-electron chi connectivity index (χ2n) is 5.97. The number of benzene rings is 2. The van der Waals surface area contributed by atoms with E-state index in [2.05, 4.69) is 41.5 Å². The molecular formula is C21H26N4O2. The van der Waals surface area contributed by atoms with Gasteiger partial charge in [0.05, 0.1) is 6.21 Å². The summed E-state index contributed by atoms with van der Waals surface area (Å²) < 4.78 is 0. The van der Waals surface area contributed by atoms with Crippen molar-refractivity contribution in [1.29, 1.82) is 0 Å². The predicted molar refractivity (Wildman–Crippen MR) is 110 cm³/mol. The van der Waals surface area contributed by atoms with Crippen LogP contribution in [-0.2, 0) is 16.0 Å². The molecule has 0 saturated carbocycles. The number of hydrazone groups is 1. The first kappa shape index (κ1) is 20.2. The summed E-state index contributed by atoms with van der Waals surface area (Å²) in [5.74, 6) is -1.57. The minimum atomic E-state index is -0.814. The van der Waals surface area contributed by atoms with E-state index in [1.807, 2.05) is 36.4 Å². The average molecular weight is 366 g/mol. The minimum Gasteiger partial charge on any atom is -0.372 e. The number of hydrogen-bond acceptors (Lipinski definition) is 4. The van der Waals surface area contributed by atoms with Crippen LogP contribution in [-0.4, -0.2) is 31.1 Å². The molecule has 0 fully saturated rings. The summed E-state index contributed by atoms with van der Waals surface area (Å²) in [5.41, 5.74) is 5.94. The van der Waals surface area contributed by atoms with Crippen LogP contribution in [0.4, 0.5) is 11.4 Å². The Kier molecular flexibility index (Phi) is 7.55. The first-order valence-electron chi connectivity index (χ1n) is 9.15. The van der Waals surface area contributed by atoms with Gasteiger partial charge in [0.1, 0.15) is 0 Å². The molecule has 2 aromatic carbocycles. The molecule has 0 heterocycles. The van der Waals surface area contributed by atoms with Gasteiger partial charge in [-0.25, -0.2) is 5.43 Å². The molecule has 0 aliphatic rings. The molecule has 0 aliphatic carbocycles. The van der Waals surface area contributed by atoms with Gasteiger partial charge in [-0.1, -0.05) is 31.2 Å². The predicted octanol–water partition coefficient (Wildman–Crippen LogP) is 3.18. The summed E-state index contributed by atoms with van der Waals surface area (Å²) in [4.78, 5) is 26.0. The molecule has 0 aromatic heterocycles. The summed E-state index contributed by atoms with van der Waals surface area (Å²) in [6, 6.07) is 15.2. The van der Waals surface area contributed by atoms with Crippen molar-refractivity contribution in [2.24, 2.45) is 5.10 Å².